The zero-order chi connectivity index (χ0) is 22.9. The monoisotopic (exact) mass is 462 g/mol. The Morgan fingerprint density at radius 3 is 1.94 bits per heavy atom. The van der Waals surface area contributed by atoms with Gasteiger partial charge in [-0.2, -0.15) is 5.10 Å². The Hall–Kier alpha value is -1.55. The van der Waals surface area contributed by atoms with E-state index in [1.54, 1.807) is 6.07 Å². The van der Waals surface area contributed by atoms with Crippen LogP contribution in [-0.2, 0) is 16.0 Å². The lowest BCUT2D eigenvalue weighted by Gasteiger charge is -2.05. The average molecular weight is 463 g/mol. The molecular formula is C27H43ClN2O2. The number of esters is 1. The summed E-state index contributed by atoms with van der Waals surface area (Å²) in [6.07, 6.45) is 21.6. The first kappa shape index (κ1) is 26.7. The van der Waals surface area contributed by atoms with Crippen LogP contribution in [0.25, 0.3) is 10.9 Å². The van der Waals surface area contributed by atoms with Crippen molar-refractivity contribution in [1.29, 1.82) is 0 Å². The van der Waals surface area contributed by atoms with Crippen molar-refractivity contribution in [3.8, 4) is 0 Å². The van der Waals surface area contributed by atoms with Crippen molar-refractivity contribution >= 4 is 28.5 Å². The lowest BCUT2D eigenvalue weighted by Crippen LogP contribution is -2.09. The lowest BCUT2D eigenvalue weighted by atomic mass is 10.0. The van der Waals surface area contributed by atoms with Gasteiger partial charge in [-0.15, -0.1) is 0 Å². The summed E-state index contributed by atoms with van der Waals surface area (Å²) < 4.78 is 5.39. The second-order valence-corrected chi connectivity index (χ2v) is 9.50. The minimum absolute atomic E-state index is 0.204. The van der Waals surface area contributed by atoms with Gasteiger partial charge >= 0.3 is 5.97 Å². The number of hydrogen-bond acceptors (Lipinski definition) is 3. The number of benzene rings is 1. The summed E-state index contributed by atoms with van der Waals surface area (Å²) in [6, 6.07) is 5.47. The second-order valence-electron chi connectivity index (χ2n) is 9.06. The van der Waals surface area contributed by atoms with Crippen molar-refractivity contribution in [3.05, 3.63) is 28.9 Å². The van der Waals surface area contributed by atoms with E-state index in [2.05, 4.69) is 17.1 Å². The number of hydrogen-bond donors (Lipinski definition) is 1. The molecule has 0 amide bonds. The second kappa shape index (κ2) is 17.0. The van der Waals surface area contributed by atoms with Gasteiger partial charge in [0.15, 0.2) is 0 Å². The number of nitrogens with zero attached hydrogens (tertiary/aromatic N) is 1. The van der Waals surface area contributed by atoms with Crippen LogP contribution < -0.4 is 0 Å². The Morgan fingerprint density at radius 2 is 1.38 bits per heavy atom. The first-order chi connectivity index (χ1) is 15.7. The first-order valence-electron chi connectivity index (χ1n) is 13.0. The van der Waals surface area contributed by atoms with Gasteiger partial charge in [-0.05, 0) is 24.6 Å². The van der Waals surface area contributed by atoms with E-state index in [0.717, 1.165) is 29.4 Å². The fourth-order valence-corrected chi connectivity index (χ4v) is 4.37. The number of halogens is 1. The largest absolute Gasteiger partial charge is 0.465 e. The molecule has 0 saturated heterocycles. The Kier molecular flexibility index (Phi) is 14.2. The summed E-state index contributed by atoms with van der Waals surface area (Å²) in [6.45, 7) is 2.78. The van der Waals surface area contributed by atoms with Gasteiger partial charge in [0.25, 0.3) is 0 Å². The molecule has 2 aromatic rings. The van der Waals surface area contributed by atoms with Gasteiger partial charge < -0.3 is 4.74 Å². The number of ether oxygens (including phenoxy) is 1. The summed E-state index contributed by atoms with van der Waals surface area (Å²) in [5, 5.41) is 8.65. The van der Waals surface area contributed by atoms with E-state index < -0.39 is 0 Å². The molecule has 5 heteroatoms. The van der Waals surface area contributed by atoms with E-state index in [1.165, 1.54) is 89.9 Å². The summed E-state index contributed by atoms with van der Waals surface area (Å²) in [4.78, 5) is 12.1. The molecule has 32 heavy (non-hydrogen) atoms. The standard InChI is InChI=1S/C27H43ClN2O2/c1-2-3-4-5-6-7-8-9-10-11-12-13-14-15-16-17-20-32-27(31)22-26-24-21-23(28)18-19-25(24)29-30-26/h18-19,21H,2-17,20,22H2,1H3,(H,29,30). The average Bonchev–Trinajstić information content (AvgIpc) is 3.17. The van der Waals surface area contributed by atoms with Gasteiger partial charge in [0.05, 0.1) is 24.2 Å². The molecule has 1 heterocycles. The molecule has 1 aromatic carbocycles. The highest BCUT2D eigenvalue weighted by Gasteiger charge is 2.11. The molecule has 0 radical (unpaired) electrons. The first-order valence-corrected chi connectivity index (χ1v) is 13.4. The quantitative estimate of drug-likeness (QED) is 0.168. The van der Waals surface area contributed by atoms with Gasteiger partial charge in [-0.1, -0.05) is 115 Å². The van der Waals surface area contributed by atoms with Crippen molar-refractivity contribution in [2.24, 2.45) is 0 Å². The van der Waals surface area contributed by atoms with Crippen LogP contribution >= 0.6 is 11.6 Å². The molecule has 0 aliphatic carbocycles. The van der Waals surface area contributed by atoms with Crippen LogP contribution in [-0.4, -0.2) is 22.8 Å². The normalized spacial score (nSPS) is 11.3. The highest BCUT2D eigenvalue weighted by atomic mass is 35.5. The fraction of sp³-hybridized carbons (Fsp3) is 0.704. The molecule has 0 fully saturated rings. The number of fused-ring (bicyclic) bond motifs is 1. The van der Waals surface area contributed by atoms with Crippen molar-refractivity contribution < 1.29 is 9.53 Å². The predicted molar refractivity (Wildman–Crippen MR) is 135 cm³/mol. The van der Waals surface area contributed by atoms with Crippen molar-refractivity contribution in [1.82, 2.24) is 10.2 Å². The maximum absolute atomic E-state index is 12.1. The van der Waals surface area contributed by atoms with Crippen LogP contribution in [0, 0.1) is 0 Å². The molecule has 2 rings (SSSR count). The fourth-order valence-electron chi connectivity index (χ4n) is 4.20. The van der Waals surface area contributed by atoms with Crippen molar-refractivity contribution in [2.45, 2.75) is 116 Å². The van der Waals surface area contributed by atoms with E-state index >= 15 is 0 Å². The topological polar surface area (TPSA) is 55.0 Å². The van der Waals surface area contributed by atoms with E-state index in [0.29, 0.717) is 11.6 Å². The SMILES string of the molecule is CCCCCCCCCCCCCCCCCCOC(=O)Cc1[nH]nc2ccc(Cl)cc12. The summed E-state index contributed by atoms with van der Waals surface area (Å²) in [7, 11) is 0. The molecule has 0 aliphatic rings. The van der Waals surface area contributed by atoms with E-state index in [9.17, 15) is 4.79 Å². The van der Waals surface area contributed by atoms with E-state index in [4.69, 9.17) is 16.3 Å². The van der Waals surface area contributed by atoms with Crippen molar-refractivity contribution in [3.63, 3.8) is 0 Å². The minimum atomic E-state index is -0.212. The molecule has 0 saturated carbocycles. The highest BCUT2D eigenvalue weighted by molar-refractivity contribution is 6.31. The maximum atomic E-state index is 12.1. The molecule has 0 atom stereocenters. The maximum Gasteiger partial charge on any atom is 0.311 e. The van der Waals surface area contributed by atoms with Crippen LogP contribution in [0.2, 0.25) is 5.02 Å². The molecule has 180 valence electrons. The van der Waals surface area contributed by atoms with Crippen LogP contribution in [0.4, 0.5) is 0 Å². The number of H-pyrrole nitrogens is 1. The number of carbonyl (C=O) groups is 1. The summed E-state index contributed by atoms with van der Waals surface area (Å²) >= 11 is 6.04. The number of unbranched alkanes of at least 4 members (excludes halogenated alkanes) is 15. The highest BCUT2D eigenvalue weighted by Crippen LogP contribution is 2.21. The lowest BCUT2D eigenvalue weighted by molar-refractivity contribution is -0.143. The van der Waals surface area contributed by atoms with Gasteiger partial charge in [0, 0.05) is 10.4 Å². The van der Waals surface area contributed by atoms with Gasteiger partial charge in [-0.25, -0.2) is 0 Å². The zero-order valence-corrected chi connectivity index (χ0v) is 20.9. The van der Waals surface area contributed by atoms with E-state index in [-0.39, 0.29) is 12.4 Å². The molecular weight excluding hydrogens is 420 g/mol. The zero-order valence-electron chi connectivity index (χ0n) is 20.1. The Bertz CT molecular complexity index is 759. The predicted octanol–water partition coefficient (Wildman–Crippen LogP) is 8.56. The molecule has 4 nitrogen and oxygen atoms in total. The Labute approximate surface area is 199 Å². The molecule has 0 spiro atoms. The number of aromatic amines is 1. The number of carbonyl (C=O) groups excluding carboxylic acids is 1. The van der Waals surface area contributed by atoms with Gasteiger partial charge in [-0.3, -0.25) is 9.89 Å². The van der Waals surface area contributed by atoms with Crippen molar-refractivity contribution in [2.75, 3.05) is 6.61 Å². The minimum Gasteiger partial charge on any atom is -0.465 e. The third kappa shape index (κ3) is 11.4. The number of nitrogens with one attached hydrogen (secondary N) is 1. The smallest absolute Gasteiger partial charge is 0.311 e. The third-order valence-electron chi connectivity index (χ3n) is 6.18. The van der Waals surface area contributed by atoms with Crippen LogP contribution in [0.5, 0.6) is 0 Å². The van der Waals surface area contributed by atoms with E-state index in [1.807, 2.05) is 12.1 Å². The van der Waals surface area contributed by atoms with Gasteiger partial charge in [0.1, 0.15) is 0 Å². The molecule has 0 unspecified atom stereocenters. The molecule has 0 bridgehead atoms. The molecule has 1 aromatic heterocycles. The van der Waals surface area contributed by atoms with Crippen LogP contribution in [0.1, 0.15) is 115 Å². The summed E-state index contributed by atoms with van der Waals surface area (Å²) in [5.74, 6) is -0.212. The Balaban J connectivity index is 1.36. The van der Waals surface area contributed by atoms with Gasteiger partial charge in [0.2, 0.25) is 0 Å². The van der Waals surface area contributed by atoms with Crippen LogP contribution in [0.3, 0.4) is 0 Å². The molecule has 0 aliphatic heterocycles. The number of aromatic nitrogens is 2. The van der Waals surface area contributed by atoms with Crippen LogP contribution in [0.15, 0.2) is 18.2 Å². The summed E-state index contributed by atoms with van der Waals surface area (Å²) in [5.41, 5.74) is 1.58. The molecule has 1 N–H and O–H groups in total. The number of rotatable bonds is 19. The Morgan fingerprint density at radius 1 is 0.844 bits per heavy atom. The third-order valence-corrected chi connectivity index (χ3v) is 6.41.